The second-order valence-corrected chi connectivity index (χ2v) is 6.81. The number of likely N-dealkylation sites (N-methyl/N-ethyl adjacent to an activating group) is 1. The number of rotatable bonds is 3. The van der Waals surface area contributed by atoms with Gasteiger partial charge in [0.25, 0.3) is 5.91 Å². The molecule has 0 spiro atoms. The number of aliphatic hydroxyl groups is 1. The molecule has 0 saturated heterocycles. The number of benzene rings is 1. The number of amides is 1. The van der Waals surface area contributed by atoms with Crippen LogP contribution in [0.2, 0.25) is 5.02 Å². The van der Waals surface area contributed by atoms with Crippen LogP contribution >= 0.6 is 22.9 Å². The quantitative estimate of drug-likeness (QED) is 0.915. The van der Waals surface area contributed by atoms with Crippen molar-refractivity contribution in [3.05, 3.63) is 28.1 Å². The Bertz CT molecular complexity index is 666. The summed E-state index contributed by atoms with van der Waals surface area (Å²) in [6, 6.07) is 5.39. The van der Waals surface area contributed by atoms with Crippen LogP contribution in [0.3, 0.4) is 0 Å². The number of nitrogens with two attached hydrogens (primary N) is 1. The lowest BCUT2D eigenvalue weighted by molar-refractivity contribution is 0.0479. The monoisotopic (exact) mass is 312 g/mol. The average Bonchev–Trinajstić information content (AvgIpc) is 2.74. The zero-order valence-electron chi connectivity index (χ0n) is 11.6. The fourth-order valence-corrected chi connectivity index (χ4v) is 3.03. The Kier molecular flexibility index (Phi) is 3.95. The fraction of sp³-hybridized carbons (Fsp3) is 0.357. The molecule has 2 aromatic rings. The number of nitrogens with zero attached hydrogens (tertiary/aromatic N) is 1. The Morgan fingerprint density at radius 3 is 2.75 bits per heavy atom. The predicted molar refractivity (Wildman–Crippen MR) is 84.5 cm³/mol. The number of carbonyl (C=O) groups is 1. The Labute approximate surface area is 126 Å². The molecule has 1 heterocycles. The van der Waals surface area contributed by atoms with Crippen LogP contribution in [-0.2, 0) is 0 Å². The zero-order valence-corrected chi connectivity index (χ0v) is 13.2. The molecule has 1 aromatic heterocycles. The van der Waals surface area contributed by atoms with E-state index in [1.165, 1.54) is 16.2 Å². The number of hydrogen-bond donors (Lipinski definition) is 2. The maximum absolute atomic E-state index is 12.5. The van der Waals surface area contributed by atoms with E-state index in [0.29, 0.717) is 15.6 Å². The number of halogens is 1. The number of carbonyl (C=O) groups excluding carboxylic acids is 1. The van der Waals surface area contributed by atoms with Gasteiger partial charge in [0.15, 0.2) is 0 Å². The molecule has 1 aromatic carbocycles. The fourth-order valence-electron chi connectivity index (χ4n) is 1.78. The molecule has 0 unspecified atom stereocenters. The first kappa shape index (κ1) is 15.1. The summed E-state index contributed by atoms with van der Waals surface area (Å²) in [5.41, 5.74) is 5.87. The molecule has 20 heavy (non-hydrogen) atoms. The summed E-state index contributed by atoms with van der Waals surface area (Å²) >= 11 is 7.30. The molecule has 0 bridgehead atoms. The van der Waals surface area contributed by atoms with Gasteiger partial charge in [-0.1, -0.05) is 11.6 Å². The lowest BCUT2D eigenvalue weighted by Crippen LogP contribution is -2.47. The molecular formula is C14H17ClN2O2S. The Balaban J connectivity index is 2.48. The summed E-state index contributed by atoms with van der Waals surface area (Å²) < 4.78 is 0.922. The lowest BCUT2D eigenvalue weighted by Gasteiger charge is -2.33. The Morgan fingerprint density at radius 2 is 2.15 bits per heavy atom. The van der Waals surface area contributed by atoms with Gasteiger partial charge in [-0.25, -0.2) is 0 Å². The molecule has 0 aliphatic carbocycles. The van der Waals surface area contributed by atoms with Crippen LogP contribution in [0.4, 0.5) is 5.69 Å². The first-order chi connectivity index (χ1) is 9.27. The summed E-state index contributed by atoms with van der Waals surface area (Å²) in [7, 11) is 1.66. The van der Waals surface area contributed by atoms with Crippen LogP contribution < -0.4 is 5.73 Å². The highest BCUT2D eigenvalue weighted by Crippen LogP contribution is 2.36. The topological polar surface area (TPSA) is 66.6 Å². The minimum Gasteiger partial charge on any atom is -0.397 e. The van der Waals surface area contributed by atoms with Crippen molar-refractivity contribution in [2.45, 2.75) is 19.4 Å². The van der Waals surface area contributed by atoms with Crippen LogP contribution in [0.15, 0.2) is 18.2 Å². The van der Waals surface area contributed by atoms with Crippen molar-refractivity contribution in [3.63, 3.8) is 0 Å². The maximum Gasteiger partial charge on any atom is 0.266 e. The Morgan fingerprint density at radius 1 is 1.50 bits per heavy atom. The van der Waals surface area contributed by atoms with E-state index in [1.54, 1.807) is 33.0 Å². The van der Waals surface area contributed by atoms with E-state index < -0.39 is 5.54 Å². The summed E-state index contributed by atoms with van der Waals surface area (Å²) in [6.45, 7) is 3.47. The highest BCUT2D eigenvalue weighted by Gasteiger charge is 2.30. The number of fused-ring (bicyclic) bond motifs is 1. The molecule has 0 aliphatic rings. The van der Waals surface area contributed by atoms with Gasteiger partial charge in [-0.15, -0.1) is 11.3 Å². The van der Waals surface area contributed by atoms with Gasteiger partial charge in [-0.2, -0.15) is 0 Å². The Hall–Kier alpha value is -1.30. The zero-order chi connectivity index (χ0) is 15.1. The summed E-state index contributed by atoms with van der Waals surface area (Å²) in [5.74, 6) is -0.195. The van der Waals surface area contributed by atoms with Gasteiger partial charge in [0, 0.05) is 22.2 Å². The molecule has 4 nitrogen and oxygen atoms in total. The van der Waals surface area contributed by atoms with Gasteiger partial charge < -0.3 is 15.7 Å². The number of aliphatic hydroxyl groups excluding tert-OH is 1. The predicted octanol–water partition coefficient (Wildman–Crippen LogP) is 2.98. The number of anilines is 1. The molecule has 1 amide bonds. The normalized spacial score (nSPS) is 11.8. The van der Waals surface area contributed by atoms with E-state index in [1.807, 2.05) is 6.07 Å². The van der Waals surface area contributed by atoms with E-state index in [9.17, 15) is 9.90 Å². The van der Waals surface area contributed by atoms with Crippen LogP contribution in [0.25, 0.3) is 10.1 Å². The van der Waals surface area contributed by atoms with Crippen molar-refractivity contribution in [1.82, 2.24) is 4.90 Å². The second kappa shape index (κ2) is 5.24. The highest BCUT2D eigenvalue weighted by atomic mass is 35.5. The standard InChI is InChI=1S/C14H17ClN2O2S/c1-14(2,7-18)17(3)13(19)12-11(16)9-6-8(15)4-5-10(9)20-12/h4-6,18H,7,16H2,1-3H3. The third-order valence-corrected chi connectivity index (χ3v) is 4.89. The third kappa shape index (κ3) is 2.49. The van der Waals surface area contributed by atoms with E-state index in [2.05, 4.69) is 0 Å². The van der Waals surface area contributed by atoms with E-state index >= 15 is 0 Å². The first-order valence-electron chi connectivity index (χ1n) is 6.14. The van der Waals surface area contributed by atoms with Crippen molar-refractivity contribution in [1.29, 1.82) is 0 Å². The maximum atomic E-state index is 12.5. The van der Waals surface area contributed by atoms with Gasteiger partial charge in [-0.3, -0.25) is 4.79 Å². The molecule has 108 valence electrons. The van der Waals surface area contributed by atoms with Gasteiger partial charge in [-0.05, 0) is 32.0 Å². The van der Waals surface area contributed by atoms with E-state index in [4.69, 9.17) is 17.3 Å². The van der Waals surface area contributed by atoms with Gasteiger partial charge in [0.05, 0.1) is 17.8 Å². The minimum atomic E-state index is -0.642. The molecule has 0 saturated carbocycles. The smallest absolute Gasteiger partial charge is 0.266 e. The minimum absolute atomic E-state index is 0.119. The van der Waals surface area contributed by atoms with Crippen molar-refractivity contribution in [2.24, 2.45) is 0 Å². The molecule has 0 atom stereocenters. The summed E-state index contributed by atoms with van der Waals surface area (Å²) in [5, 5.41) is 10.7. The molecule has 6 heteroatoms. The number of hydrogen-bond acceptors (Lipinski definition) is 4. The van der Waals surface area contributed by atoms with Crippen LogP contribution in [0, 0.1) is 0 Å². The van der Waals surface area contributed by atoms with Crippen LogP contribution in [0.1, 0.15) is 23.5 Å². The summed E-state index contributed by atoms with van der Waals surface area (Å²) in [6.07, 6.45) is 0. The lowest BCUT2D eigenvalue weighted by atomic mass is 10.0. The average molecular weight is 313 g/mol. The number of thiophene rings is 1. The van der Waals surface area contributed by atoms with Crippen molar-refractivity contribution >= 4 is 44.6 Å². The largest absolute Gasteiger partial charge is 0.397 e. The van der Waals surface area contributed by atoms with Gasteiger partial charge >= 0.3 is 0 Å². The summed E-state index contributed by atoms with van der Waals surface area (Å²) in [4.78, 5) is 14.5. The molecule has 0 radical (unpaired) electrons. The molecule has 3 N–H and O–H groups in total. The van der Waals surface area contributed by atoms with Crippen molar-refractivity contribution in [3.8, 4) is 0 Å². The number of nitrogen functional groups attached to an aromatic ring is 1. The molecule has 0 fully saturated rings. The van der Waals surface area contributed by atoms with Crippen molar-refractivity contribution in [2.75, 3.05) is 19.4 Å². The van der Waals surface area contributed by atoms with E-state index in [-0.39, 0.29) is 12.5 Å². The second-order valence-electron chi connectivity index (χ2n) is 5.32. The molecule has 0 aliphatic heterocycles. The van der Waals surface area contributed by atoms with Crippen molar-refractivity contribution < 1.29 is 9.90 Å². The van der Waals surface area contributed by atoms with Gasteiger partial charge in [0.1, 0.15) is 4.88 Å². The SMILES string of the molecule is CN(C(=O)c1sc2ccc(Cl)cc2c1N)C(C)(C)CO. The van der Waals surface area contributed by atoms with Crippen LogP contribution in [-0.4, -0.2) is 35.1 Å². The third-order valence-electron chi connectivity index (χ3n) is 3.48. The van der Waals surface area contributed by atoms with Gasteiger partial charge in [0.2, 0.25) is 0 Å². The van der Waals surface area contributed by atoms with Crippen LogP contribution in [0.5, 0.6) is 0 Å². The highest BCUT2D eigenvalue weighted by molar-refractivity contribution is 7.21. The van der Waals surface area contributed by atoms with E-state index in [0.717, 1.165) is 10.1 Å². The molecule has 2 rings (SSSR count). The molecular weight excluding hydrogens is 296 g/mol. The first-order valence-corrected chi connectivity index (χ1v) is 7.34.